The molecule has 0 unspecified atom stereocenters. The highest BCUT2D eigenvalue weighted by Gasteiger charge is 2.19. The fourth-order valence-electron chi connectivity index (χ4n) is 2.37. The lowest BCUT2D eigenvalue weighted by molar-refractivity contribution is 0.102. The molecular formula is C19H25N3O. The van der Waals surface area contributed by atoms with Crippen molar-refractivity contribution in [2.45, 2.75) is 39.5 Å². The number of anilines is 2. The van der Waals surface area contributed by atoms with E-state index in [-0.39, 0.29) is 11.3 Å². The molecule has 23 heavy (non-hydrogen) atoms. The van der Waals surface area contributed by atoms with Crippen LogP contribution in [0.4, 0.5) is 11.4 Å². The Labute approximate surface area is 138 Å². The molecule has 0 saturated heterocycles. The van der Waals surface area contributed by atoms with Crippen LogP contribution in [0.1, 0.15) is 50.0 Å². The summed E-state index contributed by atoms with van der Waals surface area (Å²) in [4.78, 5) is 16.7. The number of carbonyl (C=O) groups is 1. The highest BCUT2D eigenvalue weighted by Crippen LogP contribution is 2.29. The van der Waals surface area contributed by atoms with Crippen molar-refractivity contribution in [3.8, 4) is 0 Å². The van der Waals surface area contributed by atoms with E-state index < -0.39 is 0 Å². The first-order valence-electron chi connectivity index (χ1n) is 8.01. The van der Waals surface area contributed by atoms with Gasteiger partial charge in [0.25, 0.3) is 5.91 Å². The normalized spacial score (nSPS) is 11.1. The number of carbonyl (C=O) groups excluding carboxylic acids is 1. The van der Waals surface area contributed by atoms with Gasteiger partial charge in [0.15, 0.2) is 0 Å². The average Bonchev–Trinajstić information content (AvgIpc) is 2.52. The molecule has 4 heteroatoms. The van der Waals surface area contributed by atoms with E-state index in [9.17, 15) is 4.79 Å². The second kappa shape index (κ2) is 7.27. The number of para-hydroxylation sites is 1. The Morgan fingerprint density at radius 1 is 1.17 bits per heavy atom. The number of rotatable bonds is 5. The van der Waals surface area contributed by atoms with Crippen LogP contribution >= 0.6 is 0 Å². The lowest BCUT2D eigenvalue weighted by Crippen LogP contribution is -2.19. The fourth-order valence-corrected chi connectivity index (χ4v) is 2.37. The van der Waals surface area contributed by atoms with Crippen molar-refractivity contribution >= 4 is 17.3 Å². The summed E-state index contributed by atoms with van der Waals surface area (Å²) in [6.45, 7) is 9.36. The van der Waals surface area contributed by atoms with Crippen LogP contribution in [0, 0.1) is 0 Å². The third-order valence-corrected chi connectivity index (χ3v) is 3.56. The van der Waals surface area contributed by atoms with Gasteiger partial charge in [0.1, 0.15) is 0 Å². The Balaban J connectivity index is 2.20. The summed E-state index contributed by atoms with van der Waals surface area (Å²) < 4.78 is 0. The molecular weight excluding hydrogens is 286 g/mol. The fraction of sp³-hybridized carbons (Fsp3) is 0.368. The lowest BCUT2D eigenvalue weighted by Gasteiger charge is -2.23. The third kappa shape index (κ3) is 4.55. The predicted octanol–water partition coefficient (Wildman–Crippen LogP) is 4.45. The van der Waals surface area contributed by atoms with Crippen molar-refractivity contribution in [2.24, 2.45) is 0 Å². The highest BCUT2D eigenvalue weighted by atomic mass is 16.1. The summed E-state index contributed by atoms with van der Waals surface area (Å²) >= 11 is 0. The smallest absolute Gasteiger partial charge is 0.257 e. The predicted molar refractivity (Wildman–Crippen MR) is 96.1 cm³/mol. The van der Waals surface area contributed by atoms with Crippen molar-refractivity contribution in [3.05, 3.63) is 53.9 Å². The molecule has 0 spiro atoms. The van der Waals surface area contributed by atoms with Gasteiger partial charge in [0.2, 0.25) is 0 Å². The molecule has 0 atom stereocenters. The molecule has 2 rings (SSSR count). The van der Waals surface area contributed by atoms with E-state index in [1.165, 1.54) is 0 Å². The minimum atomic E-state index is -0.144. The topological polar surface area (TPSA) is 54.0 Å². The van der Waals surface area contributed by atoms with Crippen molar-refractivity contribution in [3.63, 3.8) is 0 Å². The molecule has 0 aliphatic heterocycles. The summed E-state index contributed by atoms with van der Waals surface area (Å²) in [5, 5.41) is 6.26. The maximum atomic E-state index is 12.5. The average molecular weight is 311 g/mol. The van der Waals surface area contributed by atoms with Gasteiger partial charge >= 0.3 is 0 Å². The molecule has 4 nitrogen and oxygen atoms in total. The van der Waals surface area contributed by atoms with Crippen LogP contribution in [0.2, 0.25) is 0 Å². The lowest BCUT2D eigenvalue weighted by atomic mass is 9.86. The van der Waals surface area contributed by atoms with Gasteiger partial charge in [-0.2, -0.15) is 0 Å². The third-order valence-electron chi connectivity index (χ3n) is 3.56. The van der Waals surface area contributed by atoms with Crippen LogP contribution in [-0.4, -0.2) is 17.4 Å². The van der Waals surface area contributed by atoms with Crippen molar-refractivity contribution in [1.29, 1.82) is 0 Å². The molecule has 2 N–H and O–H groups in total. The summed E-state index contributed by atoms with van der Waals surface area (Å²) in [5.74, 6) is -0.144. The summed E-state index contributed by atoms with van der Waals surface area (Å²) in [6, 6.07) is 9.74. The van der Waals surface area contributed by atoms with Crippen LogP contribution in [-0.2, 0) is 5.41 Å². The molecule has 1 heterocycles. The SMILES string of the molecule is CCCNc1cncc(C(=O)Nc2ccccc2C(C)(C)C)c1. The second-order valence-corrected chi connectivity index (χ2v) is 6.64. The van der Waals surface area contributed by atoms with E-state index in [1.807, 2.05) is 30.3 Å². The molecule has 1 aromatic carbocycles. The molecule has 2 aromatic rings. The van der Waals surface area contributed by atoms with E-state index in [0.29, 0.717) is 5.56 Å². The Morgan fingerprint density at radius 2 is 1.91 bits per heavy atom. The molecule has 0 fully saturated rings. The number of hydrogen-bond acceptors (Lipinski definition) is 3. The maximum Gasteiger partial charge on any atom is 0.257 e. The first-order valence-corrected chi connectivity index (χ1v) is 8.01. The molecule has 0 saturated carbocycles. The minimum Gasteiger partial charge on any atom is -0.384 e. The zero-order chi connectivity index (χ0) is 16.9. The zero-order valence-corrected chi connectivity index (χ0v) is 14.3. The van der Waals surface area contributed by atoms with Gasteiger partial charge in [-0.25, -0.2) is 0 Å². The monoisotopic (exact) mass is 311 g/mol. The molecule has 0 bridgehead atoms. The van der Waals surface area contributed by atoms with Crippen molar-refractivity contribution in [1.82, 2.24) is 4.98 Å². The van der Waals surface area contributed by atoms with Gasteiger partial charge in [0, 0.05) is 24.6 Å². The van der Waals surface area contributed by atoms with E-state index in [0.717, 1.165) is 29.9 Å². The Morgan fingerprint density at radius 3 is 2.61 bits per heavy atom. The van der Waals surface area contributed by atoms with Gasteiger partial charge < -0.3 is 10.6 Å². The minimum absolute atomic E-state index is 0.0351. The summed E-state index contributed by atoms with van der Waals surface area (Å²) in [6.07, 6.45) is 4.34. The van der Waals surface area contributed by atoms with Gasteiger partial charge in [-0.3, -0.25) is 9.78 Å². The Kier molecular flexibility index (Phi) is 5.37. The van der Waals surface area contributed by atoms with Crippen LogP contribution in [0.15, 0.2) is 42.7 Å². The maximum absolute atomic E-state index is 12.5. The Bertz CT molecular complexity index is 674. The number of hydrogen-bond donors (Lipinski definition) is 2. The molecule has 1 aromatic heterocycles. The number of pyridine rings is 1. The molecule has 0 aliphatic carbocycles. The van der Waals surface area contributed by atoms with Crippen molar-refractivity contribution < 1.29 is 4.79 Å². The quantitative estimate of drug-likeness (QED) is 0.857. The van der Waals surface area contributed by atoms with Crippen molar-refractivity contribution in [2.75, 3.05) is 17.2 Å². The van der Waals surface area contributed by atoms with E-state index >= 15 is 0 Å². The Hall–Kier alpha value is -2.36. The number of nitrogens with one attached hydrogen (secondary N) is 2. The van der Waals surface area contributed by atoms with Gasteiger partial charge in [-0.1, -0.05) is 45.9 Å². The zero-order valence-electron chi connectivity index (χ0n) is 14.3. The molecule has 0 aliphatic rings. The first kappa shape index (κ1) is 17.0. The van der Waals surface area contributed by atoms with Crippen LogP contribution in [0.3, 0.4) is 0 Å². The second-order valence-electron chi connectivity index (χ2n) is 6.64. The van der Waals surface area contributed by atoms with Crippen LogP contribution < -0.4 is 10.6 Å². The van der Waals surface area contributed by atoms with E-state index in [1.54, 1.807) is 12.4 Å². The first-order chi connectivity index (χ1) is 10.9. The van der Waals surface area contributed by atoms with Gasteiger partial charge in [-0.05, 0) is 29.5 Å². The number of aromatic nitrogens is 1. The van der Waals surface area contributed by atoms with Gasteiger partial charge in [-0.15, -0.1) is 0 Å². The molecule has 122 valence electrons. The largest absolute Gasteiger partial charge is 0.384 e. The van der Waals surface area contributed by atoms with Crippen LogP contribution in [0.25, 0.3) is 0 Å². The summed E-state index contributed by atoms with van der Waals surface area (Å²) in [5.41, 5.74) is 3.34. The van der Waals surface area contributed by atoms with E-state index in [2.05, 4.69) is 43.3 Å². The highest BCUT2D eigenvalue weighted by molar-refractivity contribution is 6.05. The number of nitrogens with zero attached hydrogens (tertiary/aromatic N) is 1. The number of benzene rings is 1. The van der Waals surface area contributed by atoms with E-state index in [4.69, 9.17) is 0 Å². The number of amides is 1. The van der Waals surface area contributed by atoms with Crippen LogP contribution in [0.5, 0.6) is 0 Å². The van der Waals surface area contributed by atoms with Gasteiger partial charge in [0.05, 0.1) is 11.3 Å². The standard InChI is InChI=1S/C19H25N3O/c1-5-10-21-15-11-14(12-20-13-15)18(23)22-17-9-7-6-8-16(17)19(2,3)4/h6-9,11-13,21H,5,10H2,1-4H3,(H,22,23). The molecule has 1 amide bonds. The molecule has 0 radical (unpaired) electrons. The summed E-state index contributed by atoms with van der Waals surface area (Å²) in [7, 11) is 0.